The van der Waals surface area contributed by atoms with Crippen molar-refractivity contribution in [2.24, 2.45) is 0 Å². The van der Waals surface area contributed by atoms with Crippen molar-refractivity contribution in [3.8, 4) is 0 Å². The second-order valence-electron chi connectivity index (χ2n) is 7.09. The number of hydrogen-bond acceptors (Lipinski definition) is 1. The molecule has 0 bridgehead atoms. The van der Waals surface area contributed by atoms with Crippen LogP contribution in [0.3, 0.4) is 0 Å². The van der Waals surface area contributed by atoms with E-state index in [9.17, 15) is 4.21 Å². The molecule has 0 spiro atoms. The zero-order chi connectivity index (χ0) is 14.8. The van der Waals surface area contributed by atoms with Crippen LogP contribution in [0.5, 0.6) is 0 Å². The van der Waals surface area contributed by atoms with Gasteiger partial charge in [0.2, 0.25) is 0 Å². The van der Waals surface area contributed by atoms with Crippen molar-refractivity contribution in [1.82, 2.24) is 4.72 Å². The molecule has 0 aliphatic rings. The predicted molar refractivity (Wildman–Crippen MR) is 84.6 cm³/mol. The molecule has 0 fully saturated rings. The maximum atomic E-state index is 12.1. The lowest BCUT2D eigenvalue weighted by molar-refractivity contribution is 0.588. The van der Waals surface area contributed by atoms with Crippen molar-refractivity contribution < 1.29 is 4.21 Å². The fourth-order valence-electron chi connectivity index (χ4n) is 1.68. The van der Waals surface area contributed by atoms with Gasteiger partial charge in [-0.15, -0.1) is 0 Å². The van der Waals surface area contributed by atoms with Gasteiger partial charge in [-0.25, -0.2) is 8.93 Å². The summed E-state index contributed by atoms with van der Waals surface area (Å²) in [5.41, 5.74) is 2.66. The van der Waals surface area contributed by atoms with Gasteiger partial charge in [-0.05, 0) is 44.2 Å². The van der Waals surface area contributed by atoms with Crippen molar-refractivity contribution in [3.05, 3.63) is 35.4 Å². The van der Waals surface area contributed by atoms with Crippen LogP contribution in [0, 0.1) is 0 Å². The largest absolute Gasteiger partial charge is 0.242 e. The van der Waals surface area contributed by atoms with Gasteiger partial charge >= 0.3 is 0 Å². The van der Waals surface area contributed by atoms with E-state index in [1.807, 2.05) is 20.8 Å². The fraction of sp³-hybridized carbons (Fsp3) is 0.625. The van der Waals surface area contributed by atoms with Crippen LogP contribution in [0.25, 0.3) is 0 Å². The highest BCUT2D eigenvalue weighted by molar-refractivity contribution is 7.84. The molecule has 0 aliphatic heterocycles. The van der Waals surface area contributed by atoms with E-state index in [-0.39, 0.29) is 16.2 Å². The smallest absolute Gasteiger partial charge is 0.0975 e. The highest BCUT2D eigenvalue weighted by Crippen LogP contribution is 2.24. The Morgan fingerprint density at radius 2 is 1.47 bits per heavy atom. The molecule has 1 aromatic carbocycles. The average Bonchev–Trinajstić information content (AvgIpc) is 2.26. The van der Waals surface area contributed by atoms with Gasteiger partial charge in [0.25, 0.3) is 0 Å². The van der Waals surface area contributed by atoms with Crippen LogP contribution < -0.4 is 4.72 Å². The van der Waals surface area contributed by atoms with Crippen LogP contribution in [0.1, 0.15) is 65.6 Å². The molecule has 19 heavy (non-hydrogen) atoms. The van der Waals surface area contributed by atoms with E-state index in [0.717, 1.165) is 0 Å². The maximum Gasteiger partial charge on any atom is 0.0975 e. The third kappa shape index (κ3) is 4.73. The first kappa shape index (κ1) is 16.4. The maximum absolute atomic E-state index is 12.1. The summed E-state index contributed by atoms with van der Waals surface area (Å²) in [7, 11) is -1.04. The van der Waals surface area contributed by atoms with Gasteiger partial charge in [0.15, 0.2) is 0 Å². The molecule has 0 saturated heterocycles. The molecule has 0 aromatic heterocycles. The Hall–Kier alpha value is -0.670. The molecule has 0 radical (unpaired) electrons. The molecule has 2 atom stereocenters. The Kier molecular flexibility index (Phi) is 4.97. The average molecular weight is 281 g/mol. The van der Waals surface area contributed by atoms with Crippen molar-refractivity contribution in [2.45, 2.75) is 64.7 Å². The standard InChI is InChI=1S/C16H27NOS/c1-12(17-19(18)16(5,6)7)13-8-10-14(11-9-13)15(2,3)4/h8-12,17H,1-7H3/t12-,19?/m0/s1. The molecule has 1 unspecified atom stereocenters. The Bertz CT molecular complexity index is 437. The molecule has 1 rings (SSSR count). The van der Waals surface area contributed by atoms with Gasteiger partial charge in [0, 0.05) is 6.04 Å². The first-order chi connectivity index (χ1) is 8.51. The Balaban J connectivity index is 2.79. The number of rotatable bonds is 3. The van der Waals surface area contributed by atoms with E-state index >= 15 is 0 Å². The van der Waals surface area contributed by atoms with E-state index in [2.05, 4.69) is 56.7 Å². The summed E-state index contributed by atoms with van der Waals surface area (Å²) >= 11 is 0. The van der Waals surface area contributed by atoms with Gasteiger partial charge in [0.1, 0.15) is 0 Å². The van der Waals surface area contributed by atoms with Crippen molar-refractivity contribution in [1.29, 1.82) is 0 Å². The SMILES string of the molecule is C[C@H](NS(=O)C(C)(C)C)c1ccc(C(C)(C)C)cc1. The van der Waals surface area contributed by atoms with Crippen LogP contribution >= 0.6 is 0 Å². The van der Waals surface area contributed by atoms with Crippen LogP contribution in [-0.4, -0.2) is 8.96 Å². The van der Waals surface area contributed by atoms with Gasteiger partial charge in [-0.2, -0.15) is 0 Å². The Morgan fingerprint density at radius 3 is 1.84 bits per heavy atom. The molecular weight excluding hydrogens is 254 g/mol. The van der Waals surface area contributed by atoms with E-state index < -0.39 is 11.0 Å². The third-order valence-corrected chi connectivity index (χ3v) is 4.80. The lowest BCUT2D eigenvalue weighted by Gasteiger charge is -2.23. The summed E-state index contributed by atoms with van der Waals surface area (Å²) < 4.78 is 15.0. The lowest BCUT2D eigenvalue weighted by atomic mass is 9.86. The third-order valence-electron chi connectivity index (χ3n) is 3.12. The quantitative estimate of drug-likeness (QED) is 0.888. The Morgan fingerprint density at radius 1 is 1.00 bits per heavy atom. The highest BCUT2D eigenvalue weighted by Gasteiger charge is 2.22. The molecule has 2 nitrogen and oxygen atoms in total. The molecule has 0 amide bonds. The normalized spacial score (nSPS) is 16.2. The van der Waals surface area contributed by atoms with Crippen molar-refractivity contribution in [2.75, 3.05) is 0 Å². The van der Waals surface area contributed by atoms with E-state index in [0.29, 0.717) is 0 Å². The fourth-order valence-corrected chi connectivity index (χ4v) is 2.49. The minimum Gasteiger partial charge on any atom is -0.242 e. The number of nitrogens with one attached hydrogen (secondary N) is 1. The van der Waals surface area contributed by atoms with E-state index in [1.54, 1.807) is 0 Å². The zero-order valence-electron chi connectivity index (χ0n) is 13.2. The molecule has 0 aliphatic carbocycles. The molecule has 1 aromatic rings. The van der Waals surface area contributed by atoms with Gasteiger partial charge in [-0.3, -0.25) is 0 Å². The second kappa shape index (κ2) is 5.76. The van der Waals surface area contributed by atoms with E-state index in [4.69, 9.17) is 0 Å². The first-order valence-electron chi connectivity index (χ1n) is 6.80. The Labute approximate surface area is 120 Å². The van der Waals surface area contributed by atoms with Crippen LogP contribution in [0.15, 0.2) is 24.3 Å². The van der Waals surface area contributed by atoms with Crippen LogP contribution in [0.2, 0.25) is 0 Å². The monoisotopic (exact) mass is 281 g/mol. The van der Waals surface area contributed by atoms with Crippen LogP contribution in [0.4, 0.5) is 0 Å². The molecule has 108 valence electrons. The molecule has 1 N–H and O–H groups in total. The highest BCUT2D eigenvalue weighted by atomic mass is 32.2. The molecule has 0 saturated carbocycles. The van der Waals surface area contributed by atoms with Crippen molar-refractivity contribution in [3.63, 3.8) is 0 Å². The van der Waals surface area contributed by atoms with E-state index in [1.165, 1.54) is 11.1 Å². The second-order valence-corrected chi connectivity index (χ2v) is 9.09. The minimum absolute atomic E-state index is 0.0917. The number of benzene rings is 1. The summed E-state index contributed by atoms with van der Waals surface area (Å²) in [5.74, 6) is 0. The predicted octanol–water partition coefficient (Wildman–Crippen LogP) is 4.10. The summed E-state index contributed by atoms with van der Waals surface area (Å²) in [6.07, 6.45) is 0. The number of hydrogen-bond donors (Lipinski definition) is 1. The van der Waals surface area contributed by atoms with Gasteiger partial charge in [0.05, 0.1) is 15.7 Å². The summed E-state index contributed by atoms with van der Waals surface area (Å²) in [6, 6.07) is 8.66. The minimum atomic E-state index is -1.04. The van der Waals surface area contributed by atoms with Gasteiger partial charge in [-0.1, -0.05) is 45.0 Å². The molecule has 0 heterocycles. The molecule has 3 heteroatoms. The summed E-state index contributed by atoms with van der Waals surface area (Å²) in [6.45, 7) is 14.6. The topological polar surface area (TPSA) is 29.1 Å². The zero-order valence-corrected chi connectivity index (χ0v) is 14.0. The molecular formula is C16H27NOS. The summed E-state index contributed by atoms with van der Waals surface area (Å²) in [5, 5.41) is 0. The van der Waals surface area contributed by atoms with Crippen molar-refractivity contribution >= 4 is 11.0 Å². The van der Waals surface area contributed by atoms with Crippen LogP contribution in [-0.2, 0) is 16.4 Å². The van der Waals surface area contributed by atoms with Gasteiger partial charge < -0.3 is 0 Å². The first-order valence-corrected chi connectivity index (χ1v) is 7.95. The summed E-state index contributed by atoms with van der Waals surface area (Å²) in [4.78, 5) is 0. The lowest BCUT2D eigenvalue weighted by Crippen LogP contribution is -2.34.